The van der Waals surface area contributed by atoms with E-state index in [1.165, 1.54) is 19.3 Å². The first-order valence-electron chi connectivity index (χ1n) is 7.49. The van der Waals surface area contributed by atoms with Crippen molar-refractivity contribution >= 4 is 11.3 Å². The highest BCUT2D eigenvalue weighted by atomic mass is 127. The number of nitrogens with zero attached hydrogens (tertiary/aromatic N) is 1. The lowest BCUT2D eigenvalue weighted by atomic mass is 9.76. The molecule has 21 heavy (non-hydrogen) atoms. The molecular weight excluding hydrogens is 393 g/mol. The van der Waals surface area contributed by atoms with Gasteiger partial charge in [-0.2, -0.15) is 0 Å². The minimum atomic E-state index is -0.941. The van der Waals surface area contributed by atoms with E-state index in [2.05, 4.69) is 33.0 Å². The topological polar surface area (TPSA) is 20.2 Å². The van der Waals surface area contributed by atoms with Crippen molar-refractivity contribution in [1.82, 2.24) is 0 Å². The van der Waals surface area contributed by atoms with Gasteiger partial charge in [0.25, 0.3) is 0 Å². The first-order valence-corrected chi connectivity index (χ1v) is 8.37. The van der Waals surface area contributed by atoms with E-state index in [4.69, 9.17) is 0 Å². The van der Waals surface area contributed by atoms with E-state index in [9.17, 15) is 5.11 Å². The number of rotatable bonds is 3. The van der Waals surface area contributed by atoms with Gasteiger partial charge < -0.3 is 33.6 Å². The average molecular weight is 419 g/mol. The molecule has 1 aromatic rings. The molecule has 1 N–H and O–H groups in total. The van der Waals surface area contributed by atoms with Crippen LogP contribution in [0, 0.1) is 17.8 Å². The Labute approximate surface area is 150 Å². The van der Waals surface area contributed by atoms with E-state index < -0.39 is 5.60 Å². The van der Waals surface area contributed by atoms with E-state index >= 15 is 0 Å². The van der Waals surface area contributed by atoms with Crippen LogP contribution in [0.5, 0.6) is 0 Å². The van der Waals surface area contributed by atoms with Crippen LogP contribution in [0.2, 0.25) is 0 Å². The van der Waals surface area contributed by atoms with Crippen molar-refractivity contribution in [2.75, 3.05) is 27.7 Å². The van der Waals surface area contributed by atoms with Gasteiger partial charge in [0.1, 0.15) is 6.54 Å². The molecule has 2 nitrogen and oxygen atoms in total. The molecule has 2 rings (SSSR count). The predicted octanol–water partition coefficient (Wildman–Crippen LogP) is 0.230. The molecule has 0 radical (unpaired) electrons. The second-order valence-electron chi connectivity index (χ2n) is 6.83. The lowest BCUT2D eigenvalue weighted by molar-refractivity contribution is -0.862. The third-order valence-corrected chi connectivity index (χ3v) is 4.92. The third kappa shape index (κ3) is 5.24. The van der Waals surface area contributed by atoms with Crippen LogP contribution < -0.4 is 24.0 Å². The summed E-state index contributed by atoms with van der Waals surface area (Å²) in [6, 6.07) is 4.04. The molecule has 1 aliphatic carbocycles. The Bertz CT molecular complexity index is 477. The summed E-state index contributed by atoms with van der Waals surface area (Å²) in [7, 11) is 6.37. The molecule has 1 heterocycles. The number of hydrogen-bond donors (Lipinski definition) is 1. The molecule has 0 aliphatic heterocycles. The number of thiophene rings is 1. The lowest BCUT2D eigenvalue weighted by Crippen LogP contribution is -3.00. The Kier molecular flexibility index (Phi) is 7.18. The summed E-state index contributed by atoms with van der Waals surface area (Å²) >= 11 is 1.62. The van der Waals surface area contributed by atoms with E-state index in [1.54, 1.807) is 11.3 Å². The standard InChI is InChI=1S/C17H26NOS.HI/c1-18(2,3)13-8-12-17(19,16-11-7-14-20-16)15-9-5-4-6-10-15;/h7,11,14-15,19H,4-6,9-10,13H2,1-3H3;1H/q+1;/p-1. The maximum atomic E-state index is 11.2. The lowest BCUT2D eigenvalue weighted by Gasteiger charge is -2.34. The van der Waals surface area contributed by atoms with Gasteiger partial charge in [-0.3, -0.25) is 0 Å². The highest BCUT2D eigenvalue weighted by molar-refractivity contribution is 7.10. The summed E-state index contributed by atoms with van der Waals surface area (Å²) in [5, 5.41) is 13.3. The fourth-order valence-corrected chi connectivity index (χ4v) is 3.65. The molecule has 1 unspecified atom stereocenters. The molecule has 0 bridgehead atoms. The van der Waals surface area contributed by atoms with Crippen LogP contribution in [0.1, 0.15) is 37.0 Å². The largest absolute Gasteiger partial charge is 1.00 e. The summed E-state index contributed by atoms with van der Waals surface area (Å²) in [6.07, 6.45) is 5.91. The van der Waals surface area contributed by atoms with Crippen molar-refractivity contribution in [3.63, 3.8) is 0 Å². The zero-order valence-electron chi connectivity index (χ0n) is 13.2. The Hall–Kier alpha value is -0.0900. The molecule has 1 atom stereocenters. The Morgan fingerprint density at radius 2 is 1.95 bits per heavy atom. The van der Waals surface area contributed by atoms with Crippen molar-refractivity contribution in [2.24, 2.45) is 5.92 Å². The number of aliphatic hydroxyl groups is 1. The number of quaternary nitrogens is 1. The first kappa shape index (κ1) is 19.0. The average Bonchev–Trinajstić information content (AvgIpc) is 2.92. The van der Waals surface area contributed by atoms with Gasteiger partial charge in [0.05, 0.1) is 21.1 Å². The van der Waals surface area contributed by atoms with Crippen molar-refractivity contribution < 1.29 is 33.6 Å². The highest BCUT2D eigenvalue weighted by Crippen LogP contribution is 2.40. The summed E-state index contributed by atoms with van der Waals surface area (Å²) in [4.78, 5) is 1.01. The van der Waals surface area contributed by atoms with Crippen LogP contribution in [0.3, 0.4) is 0 Å². The van der Waals surface area contributed by atoms with Crippen LogP contribution in [0.4, 0.5) is 0 Å². The van der Waals surface area contributed by atoms with Crippen LogP contribution in [-0.4, -0.2) is 37.3 Å². The van der Waals surface area contributed by atoms with Crippen LogP contribution in [0.25, 0.3) is 0 Å². The van der Waals surface area contributed by atoms with Gasteiger partial charge in [0.2, 0.25) is 0 Å². The molecule has 0 aromatic carbocycles. The summed E-state index contributed by atoms with van der Waals surface area (Å²) in [5.74, 6) is 6.74. The number of hydrogen-bond acceptors (Lipinski definition) is 2. The summed E-state index contributed by atoms with van der Waals surface area (Å²) < 4.78 is 0.804. The van der Waals surface area contributed by atoms with Crippen molar-refractivity contribution in [3.8, 4) is 11.8 Å². The van der Waals surface area contributed by atoms with E-state index in [1.807, 2.05) is 17.5 Å². The quantitative estimate of drug-likeness (QED) is 0.423. The van der Waals surface area contributed by atoms with E-state index in [0.29, 0.717) is 0 Å². The van der Waals surface area contributed by atoms with Crippen molar-refractivity contribution in [3.05, 3.63) is 22.4 Å². The van der Waals surface area contributed by atoms with Gasteiger partial charge in [-0.25, -0.2) is 0 Å². The predicted molar refractivity (Wildman–Crippen MR) is 85.5 cm³/mol. The second-order valence-corrected chi connectivity index (χ2v) is 7.78. The van der Waals surface area contributed by atoms with Gasteiger partial charge in [0, 0.05) is 10.8 Å². The fourth-order valence-electron chi connectivity index (χ4n) is 2.79. The molecule has 118 valence electrons. The second kappa shape index (κ2) is 7.96. The Morgan fingerprint density at radius 3 is 2.48 bits per heavy atom. The zero-order chi connectivity index (χ0) is 14.6. The van der Waals surface area contributed by atoms with E-state index in [0.717, 1.165) is 28.7 Å². The molecule has 1 fully saturated rings. The maximum absolute atomic E-state index is 11.2. The molecule has 1 aromatic heterocycles. The fraction of sp³-hybridized carbons (Fsp3) is 0.647. The van der Waals surface area contributed by atoms with Crippen molar-refractivity contribution in [1.29, 1.82) is 0 Å². The third-order valence-electron chi connectivity index (χ3n) is 3.93. The SMILES string of the molecule is C[N+](C)(C)CC#CC(O)(c1cccs1)C1CCCCC1.[I-]. The molecule has 0 amide bonds. The Morgan fingerprint density at radius 1 is 1.29 bits per heavy atom. The van der Waals surface area contributed by atoms with Gasteiger partial charge in [-0.1, -0.05) is 31.2 Å². The highest BCUT2D eigenvalue weighted by Gasteiger charge is 2.38. The number of halogens is 1. The molecule has 4 heteroatoms. The van der Waals surface area contributed by atoms with Crippen LogP contribution >= 0.6 is 11.3 Å². The molecular formula is C17H26INOS. The van der Waals surface area contributed by atoms with Gasteiger partial charge in [-0.15, -0.1) is 11.3 Å². The van der Waals surface area contributed by atoms with Crippen LogP contribution in [0.15, 0.2) is 17.5 Å². The Balaban J connectivity index is 0.00000220. The van der Waals surface area contributed by atoms with Crippen LogP contribution in [-0.2, 0) is 5.60 Å². The first-order chi connectivity index (χ1) is 9.42. The smallest absolute Gasteiger partial charge is 0.162 e. The molecule has 0 spiro atoms. The minimum absolute atomic E-state index is 0. The minimum Gasteiger partial charge on any atom is -1.00 e. The summed E-state index contributed by atoms with van der Waals surface area (Å²) in [6.45, 7) is 0.764. The van der Waals surface area contributed by atoms with Gasteiger partial charge in [-0.05, 0) is 30.2 Å². The zero-order valence-corrected chi connectivity index (χ0v) is 16.2. The van der Waals surface area contributed by atoms with Gasteiger partial charge in [0.15, 0.2) is 5.60 Å². The normalized spacial score (nSPS) is 19.0. The monoisotopic (exact) mass is 419 g/mol. The maximum Gasteiger partial charge on any atom is 0.162 e. The van der Waals surface area contributed by atoms with Crippen molar-refractivity contribution in [2.45, 2.75) is 37.7 Å². The van der Waals surface area contributed by atoms with Gasteiger partial charge >= 0.3 is 0 Å². The summed E-state index contributed by atoms with van der Waals surface area (Å²) in [5.41, 5.74) is -0.941. The molecule has 1 aliphatic rings. The van der Waals surface area contributed by atoms with E-state index in [-0.39, 0.29) is 29.9 Å². The molecule has 1 saturated carbocycles. The molecule has 0 saturated heterocycles.